The third-order valence-corrected chi connectivity index (χ3v) is 2.16. The summed E-state index contributed by atoms with van der Waals surface area (Å²) in [6, 6.07) is 0. The van der Waals surface area contributed by atoms with Crippen LogP contribution in [0.15, 0.2) is 25.0 Å². The Morgan fingerprint density at radius 3 is 2.28 bits per heavy atom. The van der Waals surface area contributed by atoms with Gasteiger partial charge in [-0.05, 0) is 25.7 Å². The Hall–Kier alpha value is -1.78. The van der Waals surface area contributed by atoms with Crippen molar-refractivity contribution >= 4 is 11.9 Å². The Labute approximate surface area is 107 Å². The third kappa shape index (κ3) is 9.45. The van der Waals surface area contributed by atoms with Gasteiger partial charge in [0.2, 0.25) is 0 Å². The summed E-state index contributed by atoms with van der Waals surface area (Å²) in [5.41, 5.74) is -0.0260. The van der Waals surface area contributed by atoms with Gasteiger partial charge in [-0.3, -0.25) is 4.79 Å². The normalized spacial score (nSPS) is 9.56. The molecule has 0 amide bonds. The van der Waals surface area contributed by atoms with E-state index >= 15 is 0 Å². The Bertz CT molecular complexity index is 296. The number of carboxylic acid groups (broad SMARTS) is 1. The van der Waals surface area contributed by atoms with Crippen molar-refractivity contribution < 1.29 is 24.2 Å². The van der Waals surface area contributed by atoms with E-state index in [0.717, 1.165) is 25.7 Å². The monoisotopic (exact) mass is 256 g/mol. The Morgan fingerprint density at radius 2 is 1.72 bits per heavy atom. The summed E-state index contributed by atoms with van der Waals surface area (Å²) in [7, 11) is 0. The lowest BCUT2D eigenvalue weighted by atomic mass is 10.2. The van der Waals surface area contributed by atoms with Crippen LogP contribution in [0.5, 0.6) is 0 Å². The quantitative estimate of drug-likeness (QED) is 0.266. The van der Waals surface area contributed by atoms with Gasteiger partial charge < -0.3 is 14.6 Å². The van der Waals surface area contributed by atoms with E-state index in [1.165, 1.54) is 6.26 Å². The van der Waals surface area contributed by atoms with Crippen LogP contribution in [0.3, 0.4) is 0 Å². The highest BCUT2D eigenvalue weighted by Crippen LogP contribution is 2.04. The molecule has 1 N–H and O–H groups in total. The lowest BCUT2D eigenvalue weighted by Gasteiger charge is -2.05. The fourth-order valence-corrected chi connectivity index (χ4v) is 1.25. The summed E-state index contributed by atoms with van der Waals surface area (Å²) in [5, 5.41) is 8.46. The molecule has 0 heterocycles. The summed E-state index contributed by atoms with van der Waals surface area (Å²) >= 11 is 0. The Balaban J connectivity index is 3.43. The van der Waals surface area contributed by atoms with Crippen LogP contribution in [0.4, 0.5) is 0 Å². The van der Waals surface area contributed by atoms with Gasteiger partial charge >= 0.3 is 11.9 Å². The number of ether oxygens (including phenoxy) is 2. The van der Waals surface area contributed by atoms with Crippen LogP contribution in [0.1, 0.15) is 32.1 Å². The molecule has 0 radical (unpaired) electrons. The largest absolute Gasteiger partial charge is 0.502 e. The number of carboxylic acids is 1. The van der Waals surface area contributed by atoms with Gasteiger partial charge in [0.15, 0.2) is 0 Å². The SMILES string of the molecule is C=COCCCCCCOC(=O)C(=C)CC(=O)O. The maximum Gasteiger partial charge on any atom is 0.333 e. The van der Waals surface area contributed by atoms with Crippen molar-refractivity contribution in [2.45, 2.75) is 32.1 Å². The van der Waals surface area contributed by atoms with Crippen molar-refractivity contribution in [2.75, 3.05) is 13.2 Å². The number of carbonyl (C=O) groups is 2. The fraction of sp³-hybridized carbons (Fsp3) is 0.538. The molecule has 102 valence electrons. The summed E-state index contributed by atoms with van der Waals surface area (Å²) in [5.74, 6) is -1.72. The summed E-state index contributed by atoms with van der Waals surface area (Å²) < 4.78 is 9.84. The summed E-state index contributed by atoms with van der Waals surface area (Å²) in [6.45, 7) is 7.74. The van der Waals surface area contributed by atoms with E-state index in [2.05, 4.69) is 13.2 Å². The predicted molar refractivity (Wildman–Crippen MR) is 67.0 cm³/mol. The number of hydrogen-bond donors (Lipinski definition) is 1. The van der Waals surface area contributed by atoms with Gasteiger partial charge in [-0.15, -0.1) is 0 Å². The molecule has 0 aromatic carbocycles. The first kappa shape index (κ1) is 16.2. The minimum Gasteiger partial charge on any atom is -0.502 e. The highest BCUT2D eigenvalue weighted by molar-refractivity contribution is 5.92. The highest BCUT2D eigenvalue weighted by atomic mass is 16.5. The van der Waals surface area contributed by atoms with Gasteiger partial charge in [0.1, 0.15) is 0 Å². The van der Waals surface area contributed by atoms with Crippen molar-refractivity contribution in [1.29, 1.82) is 0 Å². The summed E-state index contributed by atoms with van der Waals surface area (Å²) in [6.07, 6.45) is 4.64. The predicted octanol–water partition coefficient (Wildman–Crippen LogP) is 2.28. The van der Waals surface area contributed by atoms with E-state index < -0.39 is 11.9 Å². The maximum absolute atomic E-state index is 11.2. The molecule has 18 heavy (non-hydrogen) atoms. The minimum absolute atomic E-state index is 0.0260. The second-order valence-electron chi connectivity index (χ2n) is 3.76. The lowest BCUT2D eigenvalue weighted by molar-refractivity contribution is -0.142. The van der Waals surface area contributed by atoms with Crippen LogP contribution >= 0.6 is 0 Å². The number of aliphatic carboxylic acids is 1. The van der Waals surface area contributed by atoms with E-state index in [-0.39, 0.29) is 12.0 Å². The highest BCUT2D eigenvalue weighted by Gasteiger charge is 2.11. The van der Waals surface area contributed by atoms with Gasteiger partial charge in [-0.2, -0.15) is 0 Å². The number of esters is 1. The van der Waals surface area contributed by atoms with Crippen LogP contribution in [-0.2, 0) is 19.1 Å². The van der Waals surface area contributed by atoms with E-state index in [4.69, 9.17) is 14.6 Å². The number of carbonyl (C=O) groups excluding carboxylic acids is 1. The van der Waals surface area contributed by atoms with Gasteiger partial charge in [-0.1, -0.05) is 13.2 Å². The maximum atomic E-state index is 11.2. The van der Waals surface area contributed by atoms with Crippen LogP contribution < -0.4 is 0 Å². The molecule has 0 spiro atoms. The molecule has 0 saturated heterocycles. The van der Waals surface area contributed by atoms with E-state index in [9.17, 15) is 9.59 Å². The van der Waals surface area contributed by atoms with Crippen LogP contribution in [0, 0.1) is 0 Å². The van der Waals surface area contributed by atoms with Crippen molar-refractivity contribution in [1.82, 2.24) is 0 Å². The van der Waals surface area contributed by atoms with Crippen molar-refractivity contribution in [3.63, 3.8) is 0 Å². The molecular formula is C13H20O5. The van der Waals surface area contributed by atoms with Crippen LogP contribution in [0.25, 0.3) is 0 Å². The molecule has 0 aromatic rings. The Morgan fingerprint density at radius 1 is 1.11 bits per heavy atom. The zero-order chi connectivity index (χ0) is 13.8. The van der Waals surface area contributed by atoms with Gasteiger partial charge in [0.05, 0.1) is 25.9 Å². The minimum atomic E-state index is -1.08. The zero-order valence-electron chi connectivity index (χ0n) is 10.5. The molecule has 5 nitrogen and oxygen atoms in total. The molecule has 0 aliphatic heterocycles. The number of hydrogen-bond acceptors (Lipinski definition) is 4. The molecular weight excluding hydrogens is 236 g/mol. The molecule has 0 aromatic heterocycles. The molecule has 0 aliphatic rings. The molecule has 0 unspecified atom stereocenters. The second kappa shape index (κ2) is 10.4. The number of rotatable bonds is 11. The molecule has 0 saturated carbocycles. The molecule has 0 bridgehead atoms. The van der Waals surface area contributed by atoms with Gasteiger partial charge in [0.25, 0.3) is 0 Å². The first-order valence-corrected chi connectivity index (χ1v) is 5.87. The zero-order valence-corrected chi connectivity index (χ0v) is 10.5. The summed E-state index contributed by atoms with van der Waals surface area (Å²) in [4.78, 5) is 21.6. The lowest BCUT2D eigenvalue weighted by Crippen LogP contribution is -2.11. The van der Waals surface area contributed by atoms with E-state index in [0.29, 0.717) is 13.2 Å². The van der Waals surface area contributed by atoms with Gasteiger partial charge in [0, 0.05) is 5.57 Å². The van der Waals surface area contributed by atoms with E-state index in [1.807, 2.05) is 0 Å². The third-order valence-electron chi connectivity index (χ3n) is 2.16. The first-order valence-electron chi connectivity index (χ1n) is 5.87. The molecule has 5 heteroatoms. The standard InChI is InChI=1S/C13H20O5/c1-3-17-8-6-4-5-7-9-18-13(16)11(2)10-12(14)15/h3H,1-2,4-10H2,(H,14,15). The van der Waals surface area contributed by atoms with E-state index in [1.54, 1.807) is 0 Å². The van der Waals surface area contributed by atoms with Crippen LogP contribution in [0.2, 0.25) is 0 Å². The molecule has 0 atom stereocenters. The molecule has 0 fully saturated rings. The fourth-order valence-electron chi connectivity index (χ4n) is 1.25. The molecule has 0 aliphatic carbocycles. The molecule has 0 rings (SSSR count). The number of unbranched alkanes of at least 4 members (excludes halogenated alkanes) is 3. The average Bonchev–Trinajstić information content (AvgIpc) is 2.31. The van der Waals surface area contributed by atoms with Crippen LogP contribution in [-0.4, -0.2) is 30.3 Å². The van der Waals surface area contributed by atoms with Crippen molar-refractivity contribution in [3.05, 3.63) is 25.0 Å². The smallest absolute Gasteiger partial charge is 0.333 e. The first-order chi connectivity index (χ1) is 8.57. The average molecular weight is 256 g/mol. The topological polar surface area (TPSA) is 72.8 Å². The second-order valence-corrected chi connectivity index (χ2v) is 3.76. The van der Waals surface area contributed by atoms with Crippen molar-refractivity contribution in [2.24, 2.45) is 0 Å². The Kier molecular flexibility index (Phi) is 9.35. The van der Waals surface area contributed by atoms with Gasteiger partial charge in [-0.25, -0.2) is 4.79 Å². The van der Waals surface area contributed by atoms with Crippen molar-refractivity contribution in [3.8, 4) is 0 Å².